The molecule has 0 unspecified atom stereocenters. The Balaban J connectivity index is 1.51. The lowest BCUT2D eigenvalue weighted by molar-refractivity contribution is 0.0478. The van der Waals surface area contributed by atoms with Crippen molar-refractivity contribution in [3.05, 3.63) is 87.4 Å². The Kier molecular flexibility index (Phi) is 5.15. The lowest BCUT2D eigenvalue weighted by Gasteiger charge is -2.04. The number of esters is 1. The van der Waals surface area contributed by atoms with Gasteiger partial charge in [0.15, 0.2) is 0 Å². The number of aryl methyl sites for hydroxylation is 2. The number of fused-ring (bicyclic) bond motifs is 1. The molecule has 0 bridgehead atoms. The van der Waals surface area contributed by atoms with Crippen LogP contribution in [0.15, 0.2) is 54.6 Å². The number of thiophene rings is 1. The van der Waals surface area contributed by atoms with E-state index in [-0.39, 0.29) is 12.6 Å². The van der Waals surface area contributed by atoms with Crippen LogP contribution in [0, 0.1) is 25.2 Å². The minimum Gasteiger partial charge on any atom is -0.457 e. The number of nitrogens with zero attached hydrogens (tertiary/aromatic N) is 3. The van der Waals surface area contributed by atoms with Crippen molar-refractivity contribution in [1.29, 1.82) is 5.26 Å². The molecule has 0 spiro atoms. The van der Waals surface area contributed by atoms with E-state index in [9.17, 15) is 4.79 Å². The van der Waals surface area contributed by atoms with Crippen LogP contribution >= 0.6 is 11.3 Å². The van der Waals surface area contributed by atoms with E-state index < -0.39 is 0 Å². The van der Waals surface area contributed by atoms with Crippen molar-refractivity contribution in [2.75, 3.05) is 0 Å². The number of hydrogen-bond acceptors (Lipinski definition) is 5. The number of nitriles is 1. The molecule has 0 atom stereocenters. The van der Waals surface area contributed by atoms with Crippen LogP contribution < -0.4 is 0 Å². The number of carbonyl (C=O) groups excluding carboxylic acids is 1. The number of ether oxygens (including phenoxy) is 1. The minimum absolute atomic E-state index is 0.174. The van der Waals surface area contributed by atoms with E-state index in [2.05, 4.69) is 42.4 Å². The lowest BCUT2D eigenvalue weighted by atomic mass is 10.1. The largest absolute Gasteiger partial charge is 0.457 e. The van der Waals surface area contributed by atoms with Crippen molar-refractivity contribution in [2.24, 2.45) is 0 Å². The Labute approximate surface area is 172 Å². The van der Waals surface area contributed by atoms with Crippen molar-refractivity contribution in [2.45, 2.75) is 27.0 Å². The van der Waals surface area contributed by atoms with Crippen LogP contribution in [-0.2, 0) is 17.9 Å². The highest BCUT2D eigenvalue weighted by molar-refractivity contribution is 7.20. The van der Waals surface area contributed by atoms with Crippen molar-refractivity contribution < 1.29 is 9.53 Å². The molecular formula is C23H19N3O2S. The van der Waals surface area contributed by atoms with Gasteiger partial charge < -0.3 is 4.74 Å². The maximum absolute atomic E-state index is 12.5. The van der Waals surface area contributed by atoms with Gasteiger partial charge in [-0.25, -0.2) is 4.79 Å². The number of aromatic nitrogens is 2. The molecule has 29 heavy (non-hydrogen) atoms. The summed E-state index contributed by atoms with van der Waals surface area (Å²) in [6.45, 7) is 4.85. The Morgan fingerprint density at radius 1 is 1.10 bits per heavy atom. The van der Waals surface area contributed by atoms with Crippen molar-refractivity contribution in [3.63, 3.8) is 0 Å². The summed E-state index contributed by atoms with van der Waals surface area (Å²) in [5.74, 6) is -0.350. The van der Waals surface area contributed by atoms with Gasteiger partial charge in [-0.05, 0) is 43.2 Å². The summed E-state index contributed by atoms with van der Waals surface area (Å²) in [6.07, 6.45) is 0. The molecule has 5 nitrogen and oxygen atoms in total. The lowest BCUT2D eigenvalue weighted by Crippen LogP contribution is -2.04. The summed E-state index contributed by atoms with van der Waals surface area (Å²) in [4.78, 5) is 14.1. The second-order valence-corrected chi connectivity index (χ2v) is 7.97. The number of hydrogen-bond donors (Lipinski definition) is 0. The topological polar surface area (TPSA) is 67.9 Å². The summed E-state index contributed by atoms with van der Waals surface area (Å²) < 4.78 is 7.40. The average molecular weight is 401 g/mol. The molecule has 0 fully saturated rings. The first-order chi connectivity index (χ1) is 14.0. The maximum Gasteiger partial charge on any atom is 0.348 e. The normalized spacial score (nSPS) is 10.8. The van der Waals surface area contributed by atoms with Gasteiger partial charge in [-0.2, -0.15) is 10.4 Å². The van der Waals surface area contributed by atoms with E-state index in [0.29, 0.717) is 17.0 Å². The molecule has 2 aromatic carbocycles. The van der Waals surface area contributed by atoms with Crippen LogP contribution in [-0.4, -0.2) is 15.7 Å². The molecule has 0 saturated carbocycles. The van der Waals surface area contributed by atoms with Crippen LogP contribution in [0.2, 0.25) is 0 Å². The summed E-state index contributed by atoms with van der Waals surface area (Å²) >= 11 is 1.40. The highest BCUT2D eigenvalue weighted by atomic mass is 32.1. The monoisotopic (exact) mass is 401 g/mol. The Morgan fingerprint density at radius 3 is 2.48 bits per heavy atom. The van der Waals surface area contributed by atoms with Gasteiger partial charge in [0.25, 0.3) is 0 Å². The number of carbonyl (C=O) groups is 1. The first-order valence-corrected chi connectivity index (χ1v) is 10.0. The zero-order chi connectivity index (χ0) is 20.4. The summed E-state index contributed by atoms with van der Waals surface area (Å²) in [5.41, 5.74) is 4.71. The van der Waals surface area contributed by atoms with Crippen LogP contribution in [0.3, 0.4) is 0 Å². The van der Waals surface area contributed by atoms with Gasteiger partial charge in [-0.3, -0.25) is 4.68 Å². The van der Waals surface area contributed by atoms with Crippen molar-refractivity contribution in [3.8, 4) is 6.07 Å². The smallest absolute Gasteiger partial charge is 0.348 e. The highest BCUT2D eigenvalue weighted by Gasteiger charge is 2.17. The van der Waals surface area contributed by atoms with E-state index in [1.54, 1.807) is 24.3 Å². The predicted octanol–water partition coefficient (Wildman–Crippen LogP) is 4.99. The quantitative estimate of drug-likeness (QED) is 0.442. The standard InChI is InChI=1S/C23H19N3O2S/c1-15-3-5-18(6-4-15)13-26-22-20(16(2)25-26)11-21(29-22)23(27)28-14-19-9-7-17(12-24)8-10-19/h3-11H,13-14H2,1-2H3. The molecule has 2 heterocycles. The van der Waals surface area contributed by atoms with Crippen molar-refractivity contribution in [1.82, 2.24) is 9.78 Å². The summed E-state index contributed by atoms with van der Waals surface area (Å²) in [5, 5.41) is 14.5. The molecule has 2 aromatic heterocycles. The second kappa shape index (κ2) is 7.90. The molecule has 0 aliphatic carbocycles. The van der Waals surface area contributed by atoms with Gasteiger partial charge >= 0.3 is 5.97 Å². The average Bonchev–Trinajstić information content (AvgIpc) is 3.30. The van der Waals surface area contributed by atoms with E-state index in [1.807, 2.05) is 17.7 Å². The molecule has 0 saturated heterocycles. The zero-order valence-electron chi connectivity index (χ0n) is 16.2. The van der Waals surface area contributed by atoms with E-state index in [4.69, 9.17) is 10.00 Å². The zero-order valence-corrected chi connectivity index (χ0v) is 17.0. The fourth-order valence-corrected chi connectivity index (χ4v) is 4.14. The molecule has 6 heteroatoms. The molecule has 0 N–H and O–H groups in total. The molecule has 4 aromatic rings. The van der Waals surface area contributed by atoms with E-state index >= 15 is 0 Å². The molecule has 0 aliphatic rings. The first-order valence-electron chi connectivity index (χ1n) is 9.22. The summed E-state index contributed by atoms with van der Waals surface area (Å²) in [7, 11) is 0. The van der Waals surface area contributed by atoms with Crippen LogP contribution in [0.25, 0.3) is 10.2 Å². The van der Waals surface area contributed by atoms with Gasteiger partial charge in [0.1, 0.15) is 16.3 Å². The van der Waals surface area contributed by atoms with E-state index in [1.165, 1.54) is 22.5 Å². The number of rotatable bonds is 5. The Hall–Kier alpha value is -3.43. The number of benzene rings is 2. The maximum atomic E-state index is 12.5. The third-order valence-corrected chi connectivity index (χ3v) is 5.84. The minimum atomic E-state index is -0.350. The molecule has 0 amide bonds. The molecule has 144 valence electrons. The fourth-order valence-electron chi connectivity index (χ4n) is 3.08. The highest BCUT2D eigenvalue weighted by Crippen LogP contribution is 2.29. The van der Waals surface area contributed by atoms with E-state index in [0.717, 1.165) is 21.5 Å². The van der Waals surface area contributed by atoms with Gasteiger partial charge in [-0.15, -0.1) is 11.3 Å². The second-order valence-electron chi connectivity index (χ2n) is 6.94. The van der Waals surface area contributed by atoms with Gasteiger partial charge in [-0.1, -0.05) is 42.0 Å². The van der Waals surface area contributed by atoms with Crippen LogP contribution in [0.4, 0.5) is 0 Å². The van der Waals surface area contributed by atoms with Crippen LogP contribution in [0.1, 0.15) is 37.6 Å². The summed E-state index contributed by atoms with van der Waals surface area (Å²) in [6, 6.07) is 19.3. The molecule has 4 rings (SSSR count). The predicted molar refractivity (Wildman–Crippen MR) is 113 cm³/mol. The Bertz CT molecular complexity index is 1210. The fraction of sp³-hybridized carbons (Fsp3) is 0.174. The third-order valence-electron chi connectivity index (χ3n) is 4.71. The van der Waals surface area contributed by atoms with Gasteiger partial charge in [0.2, 0.25) is 0 Å². The molecule has 0 aliphatic heterocycles. The van der Waals surface area contributed by atoms with Crippen LogP contribution in [0.5, 0.6) is 0 Å². The van der Waals surface area contributed by atoms with Gasteiger partial charge in [0, 0.05) is 5.39 Å². The third kappa shape index (κ3) is 4.05. The van der Waals surface area contributed by atoms with Gasteiger partial charge in [0.05, 0.1) is 23.9 Å². The van der Waals surface area contributed by atoms with Crippen molar-refractivity contribution >= 4 is 27.5 Å². The SMILES string of the molecule is Cc1ccc(Cn2nc(C)c3cc(C(=O)OCc4ccc(C#N)cc4)sc32)cc1. The molecular weight excluding hydrogens is 382 g/mol. The first kappa shape index (κ1) is 18.9. The Morgan fingerprint density at radius 2 is 1.79 bits per heavy atom. The molecule has 0 radical (unpaired) electrons.